The van der Waals surface area contributed by atoms with Crippen molar-refractivity contribution in [2.24, 2.45) is 11.1 Å². The van der Waals surface area contributed by atoms with Gasteiger partial charge in [-0.2, -0.15) is 4.98 Å². The van der Waals surface area contributed by atoms with Crippen LogP contribution in [0.15, 0.2) is 4.52 Å². The van der Waals surface area contributed by atoms with Gasteiger partial charge in [-0.15, -0.1) is 0 Å². The van der Waals surface area contributed by atoms with E-state index >= 15 is 0 Å². The van der Waals surface area contributed by atoms with Crippen molar-refractivity contribution in [3.05, 3.63) is 11.7 Å². The third-order valence-electron chi connectivity index (χ3n) is 4.13. The number of rotatable bonds is 4. The lowest BCUT2D eigenvalue weighted by atomic mass is 9.83. The molecule has 2 N–H and O–H groups in total. The van der Waals surface area contributed by atoms with E-state index < -0.39 is 0 Å². The molecule has 1 aliphatic carbocycles. The first-order valence-corrected chi connectivity index (χ1v) is 7.63. The topological polar surface area (TPSA) is 74.2 Å². The van der Waals surface area contributed by atoms with Crippen LogP contribution in [0.4, 0.5) is 0 Å². The summed E-state index contributed by atoms with van der Waals surface area (Å²) in [5.41, 5.74) is 5.72. The van der Waals surface area contributed by atoms with Crippen LogP contribution >= 0.6 is 0 Å². The van der Waals surface area contributed by atoms with Crippen molar-refractivity contribution in [3.63, 3.8) is 0 Å². The van der Waals surface area contributed by atoms with Crippen LogP contribution in [0, 0.1) is 5.41 Å². The fourth-order valence-electron chi connectivity index (χ4n) is 2.75. The molecule has 114 valence electrons. The number of ether oxygens (including phenoxy) is 1. The molecular formula is C15H27N3O2. The van der Waals surface area contributed by atoms with E-state index in [0.717, 1.165) is 25.7 Å². The standard InChI is InChI=1S/C15H27N3O2/c1-5-19-15(9-7-6-8-10-15)13-17-12(20-18-13)11(16)14(2,3)4/h11H,5-10,16H2,1-4H3/t11-/m1/s1. The van der Waals surface area contributed by atoms with E-state index in [1.807, 2.05) is 6.92 Å². The van der Waals surface area contributed by atoms with E-state index in [-0.39, 0.29) is 17.1 Å². The van der Waals surface area contributed by atoms with Crippen molar-refractivity contribution in [3.8, 4) is 0 Å². The van der Waals surface area contributed by atoms with Gasteiger partial charge in [0.05, 0.1) is 6.04 Å². The van der Waals surface area contributed by atoms with Crippen LogP contribution in [0.2, 0.25) is 0 Å². The Morgan fingerprint density at radius 2 is 1.95 bits per heavy atom. The predicted molar refractivity (Wildman–Crippen MR) is 77.1 cm³/mol. The highest BCUT2D eigenvalue weighted by Gasteiger charge is 2.40. The van der Waals surface area contributed by atoms with Gasteiger partial charge in [0.25, 0.3) is 0 Å². The molecule has 1 fully saturated rings. The molecule has 1 aromatic rings. The van der Waals surface area contributed by atoms with Gasteiger partial charge in [0.15, 0.2) is 0 Å². The number of hydrogen-bond acceptors (Lipinski definition) is 5. The first-order valence-electron chi connectivity index (χ1n) is 7.63. The Hall–Kier alpha value is -0.940. The third-order valence-corrected chi connectivity index (χ3v) is 4.13. The van der Waals surface area contributed by atoms with E-state index in [9.17, 15) is 0 Å². The van der Waals surface area contributed by atoms with Crippen LogP contribution in [0.3, 0.4) is 0 Å². The summed E-state index contributed by atoms with van der Waals surface area (Å²) < 4.78 is 11.4. The summed E-state index contributed by atoms with van der Waals surface area (Å²) in [6.07, 6.45) is 5.47. The van der Waals surface area contributed by atoms with E-state index in [2.05, 4.69) is 30.9 Å². The Kier molecular flexibility index (Phi) is 4.49. The minimum atomic E-state index is -0.369. The minimum Gasteiger partial charge on any atom is -0.367 e. The summed E-state index contributed by atoms with van der Waals surface area (Å²) in [7, 11) is 0. The van der Waals surface area contributed by atoms with Crippen LogP contribution in [0.25, 0.3) is 0 Å². The van der Waals surface area contributed by atoms with E-state index in [4.69, 9.17) is 15.0 Å². The van der Waals surface area contributed by atoms with Crippen molar-refractivity contribution < 1.29 is 9.26 Å². The second-order valence-corrected chi connectivity index (χ2v) is 6.79. The predicted octanol–water partition coefficient (Wildman–Crippen LogP) is 3.31. The highest BCUT2D eigenvalue weighted by atomic mass is 16.5. The summed E-state index contributed by atoms with van der Waals surface area (Å²) in [5.74, 6) is 1.19. The zero-order valence-electron chi connectivity index (χ0n) is 13.1. The van der Waals surface area contributed by atoms with Crippen molar-refractivity contribution in [2.75, 3.05) is 6.61 Å². The smallest absolute Gasteiger partial charge is 0.244 e. The van der Waals surface area contributed by atoms with Gasteiger partial charge in [-0.05, 0) is 25.2 Å². The van der Waals surface area contributed by atoms with Crippen LogP contribution in [-0.2, 0) is 10.3 Å². The molecule has 0 radical (unpaired) electrons. The highest BCUT2D eigenvalue weighted by Crippen LogP contribution is 2.40. The number of aromatic nitrogens is 2. The lowest BCUT2D eigenvalue weighted by molar-refractivity contribution is -0.0777. The molecule has 5 nitrogen and oxygen atoms in total. The molecule has 1 atom stereocenters. The Labute approximate surface area is 121 Å². The Bertz CT molecular complexity index is 425. The summed E-state index contributed by atoms with van der Waals surface area (Å²) in [6.45, 7) is 8.88. The molecule has 5 heteroatoms. The van der Waals surface area contributed by atoms with Gasteiger partial charge in [-0.25, -0.2) is 0 Å². The maximum Gasteiger partial charge on any atom is 0.244 e. The average Bonchev–Trinajstić information content (AvgIpc) is 2.88. The minimum absolute atomic E-state index is 0.102. The molecule has 0 amide bonds. The summed E-state index contributed by atoms with van der Waals surface area (Å²) in [6, 6.07) is -0.258. The highest BCUT2D eigenvalue weighted by molar-refractivity contribution is 5.06. The number of hydrogen-bond donors (Lipinski definition) is 1. The van der Waals surface area contributed by atoms with Gasteiger partial charge in [0.2, 0.25) is 11.7 Å². The summed E-state index contributed by atoms with van der Waals surface area (Å²) >= 11 is 0. The number of nitrogens with zero attached hydrogens (tertiary/aromatic N) is 2. The van der Waals surface area contributed by atoms with Gasteiger partial charge in [-0.3, -0.25) is 0 Å². The molecule has 0 saturated heterocycles. The van der Waals surface area contributed by atoms with E-state index in [1.54, 1.807) is 0 Å². The van der Waals surface area contributed by atoms with Gasteiger partial charge in [0.1, 0.15) is 5.60 Å². The van der Waals surface area contributed by atoms with Crippen LogP contribution in [0.1, 0.15) is 77.6 Å². The first kappa shape index (κ1) is 15.4. The van der Waals surface area contributed by atoms with Gasteiger partial charge < -0.3 is 15.0 Å². The second-order valence-electron chi connectivity index (χ2n) is 6.79. The van der Waals surface area contributed by atoms with Crippen LogP contribution in [0.5, 0.6) is 0 Å². The lowest BCUT2D eigenvalue weighted by Gasteiger charge is -2.34. The monoisotopic (exact) mass is 281 g/mol. The normalized spacial score (nSPS) is 20.9. The Morgan fingerprint density at radius 3 is 2.50 bits per heavy atom. The molecule has 1 saturated carbocycles. The fourth-order valence-corrected chi connectivity index (χ4v) is 2.75. The van der Waals surface area contributed by atoms with Gasteiger partial charge >= 0.3 is 0 Å². The fraction of sp³-hybridized carbons (Fsp3) is 0.867. The third kappa shape index (κ3) is 3.04. The number of nitrogens with two attached hydrogens (primary N) is 1. The molecule has 0 spiro atoms. The lowest BCUT2D eigenvalue weighted by Crippen LogP contribution is -2.34. The average molecular weight is 281 g/mol. The molecule has 0 aromatic carbocycles. The first-order chi connectivity index (χ1) is 9.39. The maximum atomic E-state index is 6.19. The van der Waals surface area contributed by atoms with Crippen molar-refractivity contribution >= 4 is 0 Å². The SMILES string of the molecule is CCOC1(c2noc([C@@H](N)C(C)(C)C)n2)CCCCC1. The molecule has 0 unspecified atom stereocenters. The largest absolute Gasteiger partial charge is 0.367 e. The molecule has 20 heavy (non-hydrogen) atoms. The molecule has 0 bridgehead atoms. The summed E-state index contributed by atoms with van der Waals surface area (Å²) in [5, 5.41) is 4.17. The molecule has 1 heterocycles. The Morgan fingerprint density at radius 1 is 1.30 bits per heavy atom. The zero-order valence-corrected chi connectivity index (χ0v) is 13.1. The van der Waals surface area contributed by atoms with Crippen molar-refractivity contribution in [1.29, 1.82) is 0 Å². The second kappa shape index (κ2) is 5.82. The molecule has 1 aromatic heterocycles. The Balaban J connectivity index is 2.25. The summed E-state index contributed by atoms with van der Waals surface area (Å²) in [4.78, 5) is 4.56. The maximum absolute atomic E-state index is 6.19. The quantitative estimate of drug-likeness (QED) is 0.916. The van der Waals surface area contributed by atoms with Crippen LogP contribution in [-0.4, -0.2) is 16.7 Å². The van der Waals surface area contributed by atoms with Crippen molar-refractivity contribution in [1.82, 2.24) is 10.1 Å². The van der Waals surface area contributed by atoms with E-state index in [1.165, 1.54) is 6.42 Å². The molecular weight excluding hydrogens is 254 g/mol. The van der Waals surface area contributed by atoms with Crippen LogP contribution < -0.4 is 5.73 Å². The molecule has 0 aliphatic heterocycles. The van der Waals surface area contributed by atoms with E-state index in [0.29, 0.717) is 18.3 Å². The molecule has 1 aliphatic rings. The molecule has 2 rings (SSSR count). The van der Waals surface area contributed by atoms with Gasteiger partial charge in [-0.1, -0.05) is 45.2 Å². The van der Waals surface area contributed by atoms with Crippen molar-refractivity contribution in [2.45, 2.75) is 71.4 Å². The van der Waals surface area contributed by atoms with Gasteiger partial charge in [0, 0.05) is 6.61 Å². The zero-order chi connectivity index (χ0) is 14.8.